The van der Waals surface area contributed by atoms with Gasteiger partial charge in [-0.15, -0.1) is 0 Å². The zero-order valence-electron chi connectivity index (χ0n) is 7.84. The van der Waals surface area contributed by atoms with E-state index in [1.807, 2.05) is 0 Å². The first-order chi connectivity index (χ1) is 6.54. The molecule has 0 aliphatic heterocycles. The molecule has 0 heterocycles. The zero-order chi connectivity index (χ0) is 11.1. The lowest BCUT2D eigenvalue weighted by Crippen LogP contribution is -2.41. The van der Waals surface area contributed by atoms with Gasteiger partial charge in [0.1, 0.15) is 6.10 Å². The summed E-state index contributed by atoms with van der Waals surface area (Å²) in [4.78, 5) is 21.8. The Kier molecular flexibility index (Phi) is 6.02. The average Bonchev–Trinajstić information content (AvgIpc) is 2.22. The van der Waals surface area contributed by atoms with Gasteiger partial charge in [-0.2, -0.15) is 0 Å². The van der Waals surface area contributed by atoms with Crippen LogP contribution in [-0.2, 0) is 14.3 Å². The van der Waals surface area contributed by atoms with E-state index in [9.17, 15) is 9.59 Å². The van der Waals surface area contributed by atoms with E-state index < -0.39 is 30.6 Å². The Bertz CT molecular complexity index is 202. The van der Waals surface area contributed by atoms with Crippen LogP contribution >= 0.6 is 0 Å². The summed E-state index contributed by atoms with van der Waals surface area (Å²) in [5, 5.41) is 26.2. The van der Waals surface area contributed by atoms with E-state index in [1.165, 1.54) is 0 Å². The van der Waals surface area contributed by atoms with Crippen molar-refractivity contribution in [3.63, 3.8) is 0 Å². The van der Waals surface area contributed by atoms with Crippen molar-refractivity contribution in [2.45, 2.75) is 25.6 Å². The molecule has 0 fully saturated rings. The molecule has 0 amide bonds. The topological polar surface area (TPSA) is 104 Å². The van der Waals surface area contributed by atoms with Crippen molar-refractivity contribution in [1.29, 1.82) is 0 Å². The molecule has 0 aliphatic carbocycles. The number of rotatable bonds is 6. The van der Waals surface area contributed by atoms with E-state index in [2.05, 4.69) is 4.74 Å². The monoisotopic (exact) mass is 206 g/mol. The SMILES string of the molecule is CCCOC(=O)C(=O)[C@@H](O)[C@@H](O)CO. The first-order valence-corrected chi connectivity index (χ1v) is 4.22. The van der Waals surface area contributed by atoms with Crippen molar-refractivity contribution in [1.82, 2.24) is 0 Å². The van der Waals surface area contributed by atoms with Gasteiger partial charge >= 0.3 is 5.97 Å². The van der Waals surface area contributed by atoms with Gasteiger partial charge in [0.05, 0.1) is 13.2 Å². The number of ketones is 1. The summed E-state index contributed by atoms with van der Waals surface area (Å²) in [6, 6.07) is 0. The Morgan fingerprint density at radius 2 is 1.93 bits per heavy atom. The molecular weight excluding hydrogens is 192 g/mol. The van der Waals surface area contributed by atoms with Gasteiger partial charge in [-0.25, -0.2) is 4.79 Å². The van der Waals surface area contributed by atoms with Crippen LogP contribution in [0.1, 0.15) is 13.3 Å². The van der Waals surface area contributed by atoms with E-state index in [4.69, 9.17) is 15.3 Å². The minimum atomic E-state index is -1.93. The van der Waals surface area contributed by atoms with E-state index in [1.54, 1.807) is 6.92 Å². The molecule has 0 unspecified atom stereocenters. The Labute approximate surface area is 81.1 Å². The first kappa shape index (κ1) is 13.0. The predicted molar refractivity (Wildman–Crippen MR) is 45.4 cm³/mol. The van der Waals surface area contributed by atoms with Crippen LogP contribution in [0, 0.1) is 0 Å². The molecule has 2 atom stereocenters. The number of aliphatic hydroxyl groups excluding tert-OH is 3. The predicted octanol–water partition coefficient (Wildman–Crippen LogP) is -1.78. The van der Waals surface area contributed by atoms with Crippen molar-refractivity contribution in [3.8, 4) is 0 Å². The highest BCUT2D eigenvalue weighted by Crippen LogP contribution is 1.97. The van der Waals surface area contributed by atoms with Gasteiger partial charge in [0.25, 0.3) is 5.78 Å². The van der Waals surface area contributed by atoms with E-state index in [0.29, 0.717) is 6.42 Å². The second kappa shape index (κ2) is 6.47. The summed E-state index contributed by atoms with van der Waals surface area (Å²) in [5.41, 5.74) is 0. The maximum absolute atomic E-state index is 11.0. The fraction of sp³-hybridized carbons (Fsp3) is 0.750. The molecule has 0 spiro atoms. The lowest BCUT2D eigenvalue weighted by atomic mass is 10.1. The van der Waals surface area contributed by atoms with Crippen LogP contribution < -0.4 is 0 Å². The summed E-state index contributed by atoms with van der Waals surface area (Å²) in [5.74, 6) is -2.45. The first-order valence-electron chi connectivity index (χ1n) is 4.22. The Morgan fingerprint density at radius 1 is 1.36 bits per heavy atom. The quantitative estimate of drug-likeness (QED) is 0.350. The zero-order valence-corrected chi connectivity index (χ0v) is 7.84. The molecule has 3 N–H and O–H groups in total. The van der Waals surface area contributed by atoms with Gasteiger partial charge < -0.3 is 20.1 Å². The van der Waals surface area contributed by atoms with E-state index >= 15 is 0 Å². The maximum atomic E-state index is 11.0. The van der Waals surface area contributed by atoms with Gasteiger partial charge in [0.15, 0.2) is 6.10 Å². The second-order valence-corrected chi connectivity index (χ2v) is 2.69. The highest BCUT2D eigenvalue weighted by atomic mass is 16.5. The molecular formula is C8H14O6. The van der Waals surface area contributed by atoms with Crippen molar-refractivity contribution < 1.29 is 29.6 Å². The third-order valence-corrected chi connectivity index (χ3v) is 1.46. The van der Waals surface area contributed by atoms with Gasteiger partial charge in [0.2, 0.25) is 0 Å². The molecule has 0 aromatic rings. The number of carbonyl (C=O) groups is 2. The molecule has 0 aromatic carbocycles. The molecule has 0 rings (SSSR count). The van der Waals surface area contributed by atoms with Crippen molar-refractivity contribution in [3.05, 3.63) is 0 Å². The van der Waals surface area contributed by atoms with Gasteiger partial charge in [-0.05, 0) is 6.42 Å². The summed E-state index contributed by atoms with van der Waals surface area (Å²) >= 11 is 0. The van der Waals surface area contributed by atoms with E-state index in [0.717, 1.165) is 0 Å². The summed E-state index contributed by atoms with van der Waals surface area (Å²) < 4.78 is 4.43. The lowest BCUT2D eigenvalue weighted by Gasteiger charge is -2.12. The Hall–Kier alpha value is -0.980. The molecule has 6 heteroatoms. The Balaban J connectivity index is 4.10. The van der Waals surface area contributed by atoms with Crippen LogP contribution in [0.2, 0.25) is 0 Å². The number of ether oxygens (including phenoxy) is 1. The summed E-state index contributed by atoms with van der Waals surface area (Å²) in [6.45, 7) is 1.03. The molecule has 0 aromatic heterocycles. The van der Waals surface area contributed by atoms with Crippen LogP contribution in [0.5, 0.6) is 0 Å². The molecule has 82 valence electrons. The number of carbonyl (C=O) groups excluding carboxylic acids is 2. The highest BCUT2D eigenvalue weighted by molar-refractivity contribution is 6.35. The van der Waals surface area contributed by atoms with Crippen LogP contribution in [0.25, 0.3) is 0 Å². The molecule has 6 nitrogen and oxygen atoms in total. The number of hydrogen-bond donors (Lipinski definition) is 3. The summed E-state index contributed by atoms with van der Waals surface area (Å²) in [6.07, 6.45) is -3.03. The standard InChI is InChI=1S/C8H14O6/c1-2-3-14-8(13)7(12)6(11)5(10)4-9/h5-6,9-11H,2-4H2,1H3/t5-,6-/m0/s1. The van der Waals surface area contributed by atoms with Crippen molar-refractivity contribution in [2.24, 2.45) is 0 Å². The minimum Gasteiger partial charge on any atom is -0.460 e. The summed E-state index contributed by atoms with van der Waals surface area (Å²) in [7, 11) is 0. The smallest absolute Gasteiger partial charge is 0.377 e. The van der Waals surface area contributed by atoms with Gasteiger partial charge in [-0.1, -0.05) is 6.92 Å². The number of hydrogen-bond acceptors (Lipinski definition) is 6. The van der Waals surface area contributed by atoms with E-state index in [-0.39, 0.29) is 6.61 Å². The molecule has 0 radical (unpaired) electrons. The normalized spacial score (nSPS) is 14.6. The van der Waals surface area contributed by atoms with Crippen LogP contribution in [-0.4, -0.2) is 52.5 Å². The van der Waals surface area contributed by atoms with Gasteiger partial charge in [0, 0.05) is 0 Å². The molecule has 0 bridgehead atoms. The van der Waals surface area contributed by atoms with Crippen molar-refractivity contribution >= 4 is 11.8 Å². The fourth-order valence-electron chi connectivity index (χ4n) is 0.661. The number of Topliss-reactive ketones (excluding diaryl/α,β-unsaturated/α-hetero) is 1. The fourth-order valence-corrected chi connectivity index (χ4v) is 0.661. The van der Waals surface area contributed by atoms with Crippen LogP contribution in [0.15, 0.2) is 0 Å². The van der Waals surface area contributed by atoms with Crippen molar-refractivity contribution in [2.75, 3.05) is 13.2 Å². The Morgan fingerprint density at radius 3 is 2.36 bits per heavy atom. The highest BCUT2D eigenvalue weighted by Gasteiger charge is 2.30. The maximum Gasteiger partial charge on any atom is 0.377 e. The molecule has 0 saturated heterocycles. The number of esters is 1. The minimum absolute atomic E-state index is 0.0759. The average molecular weight is 206 g/mol. The third kappa shape index (κ3) is 3.82. The van der Waals surface area contributed by atoms with Crippen LogP contribution in [0.4, 0.5) is 0 Å². The molecule has 0 aliphatic rings. The largest absolute Gasteiger partial charge is 0.460 e. The molecule has 14 heavy (non-hydrogen) atoms. The van der Waals surface area contributed by atoms with Crippen LogP contribution in [0.3, 0.4) is 0 Å². The second-order valence-electron chi connectivity index (χ2n) is 2.69. The lowest BCUT2D eigenvalue weighted by molar-refractivity contribution is -0.161. The number of aliphatic hydroxyl groups is 3. The van der Waals surface area contributed by atoms with Gasteiger partial charge in [-0.3, -0.25) is 4.79 Å². The molecule has 0 saturated carbocycles. The third-order valence-electron chi connectivity index (χ3n) is 1.46.